The van der Waals surface area contributed by atoms with Gasteiger partial charge in [0.05, 0.1) is 0 Å². The molecule has 204 valence electrons. The molecule has 3 N–H and O–H groups in total. The molecule has 0 atom stereocenters. The molecule has 0 aromatic heterocycles. The molecule has 4 rings (SSSR count). The van der Waals surface area contributed by atoms with Gasteiger partial charge in [-0.3, -0.25) is 14.4 Å². The molecule has 0 radical (unpaired) electrons. The molecule has 1 saturated carbocycles. The van der Waals surface area contributed by atoms with Crippen molar-refractivity contribution in [1.29, 1.82) is 0 Å². The lowest BCUT2D eigenvalue weighted by Gasteiger charge is -2.31. The number of benzene rings is 2. The molecule has 0 unspecified atom stereocenters. The van der Waals surface area contributed by atoms with Gasteiger partial charge in [-0.2, -0.15) is 13.2 Å². The summed E-state index contributed by atoms with van der Waals surface area (Å²) in [7, 11) is 0. The zero-order valence-electron chi connectivity index (χ0n) is 21.5. The van der Waals surface area contributed by atoms with Crippen molar-refractivity contribution in [2.24, 2.45) is 5.92 Å². The average molecular weight is 530 g/mol. The van der Waals surface area contributed by atoms with E-state index < -0.39 is 24.0 Å². The normalized spacial score (nSPS) is 19.7. The SMILES string of the molecule is CC(=O)NC1CCC(C(=O)NCCCCC2(C(=O)NCC(F)(F)F)c3ccccc3-c3ccccc32)CC1. The summed E-state index contributed by atoms with van der Waals surface area (Å²) in [4.78, 5) is 37.4. The number of carbonyl (C=O) groups is 3. The Bertz CT molecular complexity index is 1130. The Labute approximate surface area is 220 Å². The van der Waals surface area contributed by atoms with E-state index in [2.05, 4.69) is 16.0 Å². The first-order valence-electron chi connectivity index (χ1n) is 13.2. The van der Waals surface area contributed by atoms with Crippen LogP contribution in [0.25, 0.3) is 11.1 Å². The summed E-state index contributed by atoms with van der Waals surface area (Å²) in [6, 6.07) is 14.9. The van der Waals surface area contributed by atoms with Crippen LogP contribution in [0.3, 0.4) is 0 Å². The molecular formula is C29H34F3N3O3. The average Bonchev–Trinajstić information content (AvgIpc) is 3.17. The number of hydrogen-bond acceptors (Lipinski definition) is 3. The van der Waals surface area contributed by atoms with Gasteiger partial charge < -0.3 is 16.0 Å². The van der Waals surface area contributed by atoms with Crippen molar-refractivity contribution in [3.63, 3.8) is 0 Å². The largest absolute Gasteiger partial charge is 0.405 e. The fraction of sp³-hybridized carbons (Fsp3) is 0.483. The maximum Gasteiger partial charge on any atom is 0.405 e. The van der Waals surface area contributed by atoms with E-state index in [0.717, 1.165) is 24.0 Å². The number of alkyl halides is 3. The molecule has 2 aliphatic carbocycles. The second-order valence-electron chi connectivity index (χ2n) is 10.3. The Morgan fingerprint density at radius 2 is 1.45 bits per heavy atom. The monoisotopic (exact) mass is 529 g/mol. The molecule has 3 amide bonds. The number of nitrogens with one attached hydrogen (secondary N) is 3. The number of fused-ring (bicyclic) bond motifs is 3. The highest BCUT2D eigenvalue weighted by Gasteiger charge is 2.49. The number of hydrogen-bond donors (Lipinski definition) is 3. The lowest BCUT2D eigenvalue weighted by molar-refractivity contribution is -0.141. The molecule has 0 spiro atoms. The second-order valence-corrected chi connectivity index (χ2v) is 10.3. The number of amides is 3. The minimum Gasteiger partial charge on any atom is -0.356 e. The van der Waals surface area contributed by atoms with Crippen LogP contribution in [-0.2, 0) is 19.8 Å². The summed E-state index contributed by atoms with van der Waals surface area (Å²) in [5, 5.41) is 8.03. The minimum atomic E-state index is -4.51. The summed E-state index contributed by atoms with van der Waals surface area (Å²) >= 11 is 0. The molecular weight excluding hydrogens is 495 g/mol. The van der Waals surface area contributed by atoms with Crippen LogP contribution in [0.1, 0.15) is 63.0 Å². The van der Waals surface area contributed by atoms with Crippen molar-refractivity contribution in [2.75, 3.05) is 13.1 Å². The maximum atomic E-state index is 13.5. The molecule has 2 aromatic carbocycles. The van der Waals surface area contributed by atoms with E-state index in [1.165, 1.54) is 6.92 Å². The van der Waals surface area contributed by atoms with Gasteiger partial charge in [0.25, 0.3) is 0 Å². The van der Waals surface area contributed by atoms with Gasteiger partial charge in [0.15, 0.2) is 0 Å². The summed E-state index contributed by atoms with van der Waals surface area (Å²) in [6.07, 6.45) is -0.0938. The molecule has 0 heterocycles. The number of rotatable bonds is 9. The van der Waals surface area contributed by atoms with Gasteiger partial charge in [0, 0.05) is 25.4 Å². The standard InChI is InChI=1S/C29H34F3N3O3/c1-19(36)35-21-14-12-20(13-15-21)26(37)33-17-7-6-16-28(27(38)34-18-29(30,31)32)24-10-4-2-8-22(24)23-9-3-5-11-25(23)28/h2-5,8-11,20-21H,6-7,12-18H2,1H3,(H,33,37)(H,34,38)(H,35,36). The quantitative estimate of drug-likeness (QED) is 0.415. The third kappa shape index (κ3) is 6.03. The topological polar surface area (TPSA) is 87.3 Å². The molecule has 6 nitrogen and oxygen atoms in total. The van der Waals surface area contributed by atoms with Gasteiger partial charge >= 0.3 is 6.18 Å². The predicted octanol–water partition coefficient (Wildman–Crippen LogP) is 4.61. The van der Waals surface area contributed by atoms with Crippen LogP contribution in [0.5, 0.6) is 0 Å². The fourth-order valence-electron chi connectivity index (χ4n) is 5.94. The van der Waals surface area contributed by atoms with Gasteiger partial charge in [0.1, 0.15) is 12.0 Å². The Hall–Kier alpha value is -3.36. The zero-order chi connectivity index (χ0) is 27.3. The number of halogens is 3. The lowest BCUT2D eigenvalue weighted by atomic mass is 9.73. The first-order valence-corrected chi connectivity index (χ1v) is 13.2. The highest BCUT2D eigenvalue weighted by Crippen LogP contribution is 2.51. The van der Waals surface area contributed by atoms with Crippen LogP contribution in [0.4, 0.5) is 13.2 Å². The van der Waals surface area contributed by atoms with E-state index in [1.807, 2.05) is 36.4 Å². The molecule has 2 aliphatic rings. The van der Waals surface area contributed by atoms with Crippen molar-refractivity contribution in [3.8, 4) is 11.1 Å². The van der Waals surface area contributed by atoms with Gasteiger partial charge in [0.2, 0.25) is 17.7 Å². The van der Waals surface area contributed by atoms with Crippen molar-refractivity contribution in [3.05, 3.63) is 59.7 Å². The van der Waals surface area contributed by atoms with Crippen LogP contribution < -0.4 is 16.0 Å². The highest BCUT2D eigenvalue weighted by molar-refractivity contribution is 6.00. The second kappa shape index (κ2) is 11.6. The van der Waals surface area contributed by atoms with E-state index >= 15 is 0 Å². The molecule has 1 fully saturated rings. The summed E-state index contributed by atoms with van der Waals surface area (Å²) in [6.45, 7) is 0.526. The highest BCUT2D eigenvalue weighted by atomic mass is 19.4. The summed E-state index contributed by atoms with van der Waals surface area (Å²) in [5.74, 6) is -0.823. The van der Waals surface area contributed by atoms with Crippen LogP contribution in [0.2, 0.25) is 0 Å². The summed E-state index contributed by atoms with van der Waals surface area (Å²) < 4.78 is 39.0. The Morgan fingerprint density at radius 1 is 0.868 bits per heavy atom. The third-order valence-electron chi connectivity index (χ3n) is 7.68. The Morgan fingerprint density at radius 3 is 2.00 bits per heavy atom. The Kier molecular flexibility index (Phi) is 8.43. The van der Waals surface area contributed by atoms with Gasteiger partial charge in [-0.25, -0.2) is 0 Å². The molecule has 9 heteroatoms. The van der Waals surface area contributed by atoms with Gasteiger partial charge in [-0.05, 0) is 67.2 Å². The van der Waals surface area contributed by atoms with E-state index in [0.29, 0.717) is 49.8 Å². The molecule has 0 aliphatic heterocycles. The molecule has 0 saturated heterocycles. The number of unbranched alkanes of at least 4 members (excludes halogenated alkanes) is 1. The lowest BCUT2D eigenvalue weighted by Crippen LogP contribution is -2.47. The van der Waals surface area contributed by atoms with E-state index in [4.69, 9.17) is 0 Å². The van der Waals surface area contributed by atoms with Crippen LogP contribution in [0, 0.1) is 5.92 Å². The molecule has 0 bridgehead atoms. The van der Waals surface area contributed by atoms with Gasteiger partial charge in [-0.15, -0.1) is 0 Å². The molecule has 38 heavy (non-hydrogen) atoms. The van der Waals surface area contributed by atoms with Crippen molar-refractivity contribution in [2.45, 2.75) is 69.5 Å². The van der Waals surface area contributed by atoms with Gasteiger partial charge in [-0.1, -0.05) is 48.5 Å². The summed E-state index contributed by atoms with van der Waals surface area (Å²) in [5.41, 5.74) is 1.90. The number of carbonyl (C=O) groups excluding carboxylic acids is 3. The predicted molar refractivity (Wildman–Crippen MR) is 138 cm³/mol. The third-order valence-corrected chi connectivity index (χ3v) is 7.68. The minimum absolute atomic E-state index is 0.0135. The van der Waals surface area contributed by atoms with Crippen LogP contribution in [0.15, 0.2) is 48.5 Å². The fourth-order valence-corrected chi connectivity index (χ4v) is 5.94. The van der Waals surface area contributed by atoms with Crippen LogP contribution >= 0.6 is 0 Å². The zero-order valence-corrected chi connectivity index (χ0v) is 21.5. The molecule has 2 aromatic rings. The first kappa shape index (κ1) is 27.7. The van der Waals surface area contributed by atoms with Crippen molar-refractivity contribution in [1.82, 2.24) is 16.0 Å². The Balaban J connectivity index is 1.40. The first-order chi connectivity index (χ1) is 18.1. The van der Waals surface area contributed by atoms with E-state index in [9.17, 15) is 27.6 Å². The van der Waals surface area contributed by atoms with Crippen molar-refractivity contribution < 1.29 is 27.6 Å². The van der Waals surface area contributed by atoms with Crippen LogP contribution in [-0.4, -0.2) is 43.0 Å². The maximum absolute atomic E-state index is 13.5. The van der Waals surface area contributed by atoms with E-state index in [1.54, 1.807) is 12.1 Å². The smallest absolute Gasteiger partial charge is 0.356 e. The van der Waals surface area contributed by atoms with Crippen molar-refractivity contribution >= 4 is 17.7 Å². The van der Waals surface area contributed by atoms with E-state index in [-0.39, 0.29) is 23.8 Å².